The first-order chi connectivity index (χ1) is 20.3. The predicted octanol–water partition coefficient (Wildman–Crippen LogP) is 4.88. The standard InChI is InChI=1S/C33H34N2O7/c1-33(31(38)39)17-9-10-18-35(33)30(37)28(19-29(36)41-20-22-11-3-2-4-12-22)34-32(40)42-21-27-25-15-7-5-13-23(25)24-14-6-8-16-26(24)27/h2-8,11-16,27-28H,9-10,17-21H2,1H3,(H,34,40)(H,38,39)/t28-,33?/m0/s1. The number of nitrogens with one attached hydrogen (secondary N) is 1. The summed E-state index contributed by atoms with van der Waals surface area (Å²) in [5.74, 6) is -2.69. The van der Waals surface area contributed by atoms with Gasteiger partial charge in [-0.15, -0.1) is 0 Å². The van der Waals surface area contributed by atoms with Crippen LogP contribution in [0.2, 0.25) is 0 Å². The van der Waals surface area contributed by atoms with Crippen LogP contribution < -0.4 is 5.32 Å². The Hall–Kier alpha value is -4.66. The number of ether oxygens (including phenoxy) is 2. The highest BCUT2D eigenvalue weighted by atomic mass is 16.5. The van der Waals surface area contributed by atoms with E-state index < -0.39 is 41.9 Å². The molecule has 3 aromatic rings. The van der Waals surface area contributed by atoms with E-state index in [2.05, 4.69) is 5.32 Å². The molecular formula is C33H34N2O7. The van der Waals surface area contributed by atoms with Gasteiger partial charge in [-0.1, -0.05) is 78.9 Å². The fourth-order valence-electron chi connectivity index (χ4n) is 5.83. The highest BCUT2D eigenvalue weighted by Gasteiger charge is 2.46. The third-order valence-electron chi connectivity index (χ3n) is 8.17. The fourth-order valence-corrected chi connectivity index (χ4v) is 5.83. The van der Waals surface area contributed by atoms with Crippen molar-refractivity contribution in [1.82, 2.24) is 10.2 Å². The minimum Gasteiger partial charge on any atom is -0.480 e. The molecular weight excluding hydrogens is 536 g/mol. The van der Waals surface area contributed by atoms with Crippen molar-refractivity contribution >= 4 is 23.9 Å². The first-order valence-corrected chi connectivity index (χ1v) is 14.1. The molecule has 1 aliphatic heterocycles. The van der Waals surface area contributed by atoms with E-state index in [0.29, 0.717) is 12.8 Å². The number of likely N-dealkylation sites (tertiary alicyclic amines) is 1. The number of amides is 2. The SMILES string of the molecule is CC1(C(=O)O)CCCCN1C(=O)[C@H](CC(=O)OCc1ccccc1)NC(=O)OCC1c2ccccc2-c2ccccc21. The van der Waals surface area contributed by atoms with Gasteiger partial charge in [0.25, 0.3) is 0 Å². The van der Waals surface area contributed by atoms with Gasteiger partial charge in [-0.05, 0) is 54.0 Å². The first-order valence-electron chi connectivity index (χ1n) is 14.1. The Kier molecular flexibility index (Phi) is 8.56. The van der Waals surface area contributed by atoms with E-state index in [0.717, 1.165) is 27.8 Å². The van der Waals surface area contributed by atoms with Crippen LogP contribution in [0.25, 0.3) is 11.1 Å². The number of alkyl carbamates (subject to hydrolysis) is 1. The molecule has 1 saturated heterocycles. The number of esters is 1. The Bertz CT molecular complexity index is 1430. The molecule has 3 aromatic carbocycles. The molecule has 2 atom stereocenters. The van der Waals surface area contributed by atoms with Gasteiger partial charge in [0, 0.05) is 12.5 Å². The Balaban J connectivity index is 1.30. The Labute approximate surface area is 244 Å². The average Bonchev–Trinajstić information content (AvgIpc) is 3.32. The molecule has 0 saturated carbocycles. The zero-order valence-electron chi connectivity index (χ0n) is 23.5. The number of fused-ring (bicyclic) bond motifs is 3. The summed E-state index contributed by atoms with van der Waals surface area (Å²) in [6.45, 7) is 1.71. The molecule has 1 unspecified atom stereocenters. The number of hydrogen-bond donors (Lipinski definition) is 2. The van der Waals surface area contributed by atoms with Crippen LogP contribution in [0.3, 0.4) is 0 Å². The summed E-state index contributed by atoms with van der Waals surface area (Å²) in [7, 11) is 0. The molecule has 5 rings (SSSR count). The lowest BCUT2D eigenvalue weighted by molar-refractivity contribution is -0.162. The number of hydrogen-bond acceptors (Lipinski definition) is 6. The number of carbonyl (C=O) groups excluding carboxylic acids is 3. The highest BCUT2D eigenvalue weighted by Crippen LogP contribution is 2.44. The van der Waals surface area contributed by atoms with Gasteiger partial charge in [0.05, 0.1) is 6.42 Å². The summed E-state index contributed by atoms with van der Waals surface area (Å²) < 4.78 is 11.0. The Morgan fingerprint density at radius 1 is 0.905 bits per heavy atom. The smallest absolute Gasteiger partial charge is 0.407 e. The van der Waals surface area contributed by atoms with Gasteiger partial charge < -0.3 is 24.8 Å². The van der Waals surface area contributed by atoms with E-state index in [4.69, 9.17) is 9.47 Å². The zero-order valence-corrected chi connectivity index (χ0v) is 23.5. The minimum absolute atomic E-state index is 0.00207. The second-order valence-corrected chi connectivity index (χ2v) is 10.9. The minimum atomic E-state index is -1.45. The number of benzene rings is 3. The number of carboxylic acid groups (broad SMARTS) is 1. The highest BCUT2D eigenvalue weighted by molar-refractivity contribution is 5.93. The Morgan fingerprint density at radius 2 is 1.52 bits per heavy atom. The molecule has 2 amide bonds. The summed E-state index contributed by atoms with van der Waals surface area (Å²) >= 11 is 0. The zero-order chi connectivity index (χ0) is 29.7. The number of nitrogens with zero attached hydrogens (tertiary/aromatic N) is 1. The molecule has 42 heavy (non-hydrogen) atoms. The van der Waals surface area contributed by atoms with E-state index in [9.17, 15) is 24.3 Å². The summed E-state index contributed by atoms with van der Waals surface area (Å²) in [4.78, 5) is 53.1. The fraction of sp³-hybridized carbons (Fsp3) is 0.333. The monoisotopic (exact) mass is 570 g/mol. The lowest BCUT2D eigenvalue weighted by Gasteiger charge is -2.43. The van der Waals surface area contributed by atoms with Crippen LogP contribution in [-0.2, 0) is 30.5 Å². The third-order valence-corrected chi connectivity index (χ3v) is 8.17. The van der Waals surface area contributed by atoms with Crippen molar-refractivity contribution in [3.05, 3.63) is 95.6 Å². The summed E-state index contributed by atoms with van der Waals surface area (Å²) in [6.07, 6.45) is 0.188. The number of rotatable bonds is 9. The van der Waals surface area contributed by atoms with E-state index >= 15 is 0 Å². The maximum Gasteiger partial charge on any atom is 0.407 e. The molecule has 0 radical (unpaired) electrons. The molecule has 1 fully saturated rings. The topological polar surface area (TPSA) is 122 Å². The molecule has 0 aromatic heterocycles. The molecule has 1 aliphatic carbocycles. The van der Waals surface area contributed by atoms with E-state index in [1.165, 1.54) is 11.8 Å². The van der Waals surface area contributed by atoms with Gasteiger partial charge in [0.2, 0.25) is 5.91 Å². The molecule has 0 bridgehead atoms. The van der Waals surface area contributed by atoms with Gasteiger partial charge in [-0.2, -0.15) is 0 Å². The van der Waals surface area contributed by atoms with Crippen LogP contribution in [0.5, 0.6) is 0 Å². The number of carbonyl (C=O) groups is 4. The molecule has 2 aliphatic rings. The van der Waals surface area contributed by atoms with Gasteiger partial charge in [0.1, 0.15) is 24.8 Å². The lowest BCUT2D eigenvalue weighted by Crippen LogP contribution is -2.62. The number of piperidine rings is 1. The van der Waals surface area contributed by atoms with Gasteiger partial charge in [0.15, 0.2) is 0 Å². The van der Waals surface area contributed by atoms with Crippen LogP contribution in [0, 0.1) is 0 Å². The third kappa shape index (κ3) is 6.00. The lowest BCUT2D eigenvalue weighted by atomic mass is 9.87. The number of carboxylic acids is 1. The molecule has 218 valence electrons. The predicted molar refractivity (Wildman–Crippen MR) is 154 cm³/mol. The normalized spacial score (nSPS) is 18.4. The summed E-state index contributed by atoms with van der Waals surface area (Å²) in [5.41, 5.74) is 3.55. The van der Waals surface area contributed by atoms with Crippen molar-refractivity contribution in [3.63, 3.8) is 0 Å². The molecule has 0 spiro atoms. The molecule has 9 nitrogen and oxygen atoms in total. The quantitative estimate of drug-likeness (QED) is 0.352. The van der Waals surface area contributed by atoms with Crippen LogP contribution in [-0.4, -0.2) is 58.7 Å². The summed E-state index contributed by atoms with van der Waals surface area (Å²) in [5, 5.41) is 12.5. The van der Waals surface area contributed by atoms with Gasteiger partial charge in [-0.3, -0.25) is 9.59 Å². The first kappa shape index (κ1) is 28.9. The van der Waals surface area contributed by atoms with Crippen molar-refractivity contribution < 1.29 is 33.8 Å². The Morgan fingerprint density at radius 3 is 2.17 bits per heavy atom. The van der Waals surface area contributed by atoms with Crippen LogP contribution >= 0.6 is 0 Å². The van der Waals surface area contributed by atoms with Crippen molar-refractivity contribution in [2.45, 2.75) is 56.7 Å². The van der Waals surface area contributed by atoms with Crippen molar-refractivity contribution in [1.29, 1.82) is 0 Å². The van der Waals surface area contributed by atoms with Gasteiger partial charge >= 0.3 is 18.0 Å². The van der Waals surface area contributed by atoms with E-state index in [1.807, 2.05) is 66.7 Å². The molecule has 9 heteroatoms. The van der Waals surface area contributed by atoms with Crippen molar-refractivity contribution in [3.8, 4) is 11.1 Å². The van der Waals surface area contributed by atoms with E-state index in [-0.39, 0.29) is 32.1 Å². The van der Waals surface area contributed by atoms with Gasteiger partial charge in [-0.25, -0.2) is 9.59 Å². The van der Waals surface area contributed by atoms with Crippen molar-refractivity contribution in [2.24, 2.45) is 0 Å². The van der Waals surface area contributed by atoms with Crippen LogP contribution in [0.1, 0.15) is 55.2 Å². The molecule has 1 heterocycles. The maximum atomic E-state index is 13.7. The van der Waals surface area contributed by atoms with Crippen LogP contribution in [0.4, 0.5) is 4.79 Å². The second-order valence-electron chi connectivity index (χ2n) is 10.9. The summed E-state index contributed by atoms with van der Waals surface area (Å²) in [6, 6.07) is 23.6. The second kappa shape index (κ2) is 12.5. The van der Waals surface area contributed by atoms with E-state index in [1.54, 1.807) is 12.1 Å². The molecule has 2 N–H and O–H groups in total. The average molecular weight is 571 g/mol. The largest absolute Gasteiger partial charge is 0.480 e. The van der Waals surface area contributed by atoms with Crippen molar-refractivity contribution in [2.75, 3.05) is 13.2 Å². The maximum absolute atomic E-state index is 13.7. The van der Waals surface area contributed by atoms with Crippen LogP contribution in [0.15, 0.2) is 78.9 Å². The number of aliphatic carboxylic acids is 1.